The van der Waals surface area contributed by atoms with Crippen LogP contribution in [0.5, 0.6) is 0 Å². The van der Waals surface area contributed by atoms with Crippen molar-refractivity contribution < 1.29 is 28.2 Å². The Bertz CT molecular complexity index is 2050. The minimum Gasteiger partial charge on any atom is -0.397 e. The molecule has 1 spiro atoms. The van der Waals surface area contributed by atoms with Gasteiger partial charge in [-0.15, -0.1) is 0 Å². The Balaban J connectivity index is 0.782. The molecule has 1 aliphatic carbocycles. The average molecular weight is 727 g/mol. The summed E-state index contributed by atoms with van der Waals surface area (Å²) in [7, 11) is 0. The van der Waals surface area contributed by atoms with Crippen LogP contribution in [0.15, 0.2) is 59.5 Å². The van der Waals surface area contributed by atoms with Gasteiger partial charge in [-0.3, -0.25) is 19.2 Å². The van der Waals surface area contributed by atoms with Gasteiger partial charge in [-0.25, -0.2) is 14.5 Å². The lowest BCUT2D eigenvalue weighted by Gasteiger charge is -2.53. The van der Waals surface area contributed by atoms with E-state index >= 15 is 0 Å². The summed E-state index contributed by atoms with van der Waals surface area (Å²) < 4.78 is 25.8. The molecule has 4 heterocycles. The Hall–Kier alpha value is -5.25. The number of benzene rings is 2. The number of H-pyrrole nitrogens is 1. The van der Waals surface area contributed by atoms with E-state index in [4.69, 9.17) is 15.2 Å². The van der Waals surface area contributed by atoms with Crippen molar-refractivity contribution in [3.05, 3.63) is 99.0 Å². The number of aromatic amines is 1. The van der Waals surface area contributed by atoms with Crippen molar-refractivity contribution >= 4 is 34.2 Å². The van der Waals surface area contributed by atoms with Gasteiger partial charge < -0.3 is 35.6 Å². The van der Waals surface area contributed by atoms with Gasteiger partial charge in [0.1, 0.15) is 5.82 Å². The summed E-state index contributed by atoms with van der Waals surface area (Å²) in [5.41, 5.74) is 9.07. The summed E-state index contributed by atoms with van der Waals surface area (Å²) in [5, 5.41) is 13.7. The molecule has 4 aromatic rings. The molecule has 3 aliphatic rings. The molecule has 0 bridgehead atoms. The van der Waals surface area contributed by atoms with Crippen molar-refractivity contribution in [3.63, 3.8) is 0 Å². The van der Waals surface area contributed by atoms with Crippen LogP contribution in [-0.2, 0) is 20.7 Å². The zero-order valence-electron chi connectivity index (χ0n) is 29.4. The molecular formula is C38H43FN8O6. The second kappa shape index (κ2) is 15.8. The van der Waals surface area contributed by atoms with Gasteiger partial charge in [-0.1, -0.05) is 24.3 Å². The topological polar surface area (TPSA) is 185 Å². The maximum atomic E-state index is 14.9. The highest BCUT2D eigenvalue weighted by atomic mass is 19.1. The van der Waals surface area contributed by atoms with E-state index in [1.807, 2.05) is 18.2 Å². The molecule has 0 atom stereocenters. The average Bonchev–Trinajstić information content (AvgIpc) is 3.13. The molecule has 1 saturated carbocycles. The fourth-order valence-electron chi connectivity index (χ4n) is 7.31. The van der Waals surface area contributed by atoms with E-state index in [1.54, 1.807) is 34.2 Å². The Morgan fingerprint density at radius 1 is 1.00 bits per heavy atom. The maximum absolute atomic E-state index is 14.9. The molecule has 3 fully saturated rings. The molecule has 0 radical (unpaired) electrons. The first-order chi connectivity index (χ1) is 25.7. The van der Waals surface area contributed by atoms with Gasteiger partial charge in [0.25, 0.3) is 17.4 Å². The van der Waals surface area contributed by atoms with E-state index < -0.39 is 11.7 Å². The molecule has 15 heteroatoms. The number of ether oxygens (including phenoxy) is 2. The van der Waals surface area contributed by atoms with Gasteiger partial charge in [0, 0.05) is 62.7 Å². The van der Waals surface area contributed by atoms with Gasteiger partial charge >= 0.3 is 0 Å². The lowest BCUT2D eigenvalue weighted by molar-refractivity contribution is -0.164. The monoisotopic (exact) mass is 726 g/mol. The Morgan fingerprint density at radius 2 is 1.74 bits per heavy atom. The first kappa shape index (κ1) is 36.1. The largest absolute Gasteiger partial charge is 0.397 e. The number of carbonyl (C=O) groups excluding carboxylic acids is 3. The number of fused-ring (bicyclic) bond motifs is 1. The van der Waals surface area contributed by atoms with Crippen LogP contribution in [0.25, 0.3) is 10.8 Å². The van der Waals surface area contributed by atoms with Gasteiger partial charge in [0.15, 0.2) is 5.69 Å². The fourth-order valence-corrected chi connectivity index (χ4v) is 7.31. The van der Waals surface area contributed by atoms with Crippen LogP contribution in [0, 0.1) is 11.2 Å². The number of pyridine rings is 1. The molecule has 278 valence electrons. The maximum Gasteiger partial charge on any atom is 0.272 e. The van der Waals surface area contributed by atoms with Crippen LogP contribution in [0.3, 0.4) is 0 Å². The number of hydrogen-bond donors (Lipinski definition) is 4. The summed E-state index contributed by atoms with van der Waals surface area (Å²) >= 11 is 0. The number of nitrogens with zero attached hydrogens (tertiary/aromatic N) is 4. The lowest BCUT2D eigenvalue weighted by atomic mass is 9.59. The summed E-state index contributed by atoms with van der Waals surface area (Å²) in [6.07, 6.45) is 4.18. The molecule has 3 amide bonds. The number of nitrogens with two attached hydrogens (primary N) is 1. The number of amides is 3. The SMILES string of the molecule is Nc1cc(C2CC3(COC3)C2)cnc1C(=O)NCCOCCNCC(=O)N1CCN(C(=O)c2cc(Cc3n[nH]c(=O)c4ccccc34)ccc2F)CC1. The number of aromatic nitrogens is 3. The van der Waals surface area contributed by atoms with Crippen molar-refractivity contribution in [1.82, 2.24) is 35.6 Å². The van der Waals surface area contributed by atoms with Crippen molar-refractivity contribution in [2.75, 3.05) is 78.0 Å². The molecule has 2 aromatic carbocycles. The number of anilines is 1. The molecular weight excluding hydrogens is 683 g/mol. The number of nitrogen functional groups attached to an aromatic ring is 1. The highest BCUT2D eigenvalue weighted by molar-refractivity contribution is 5.97. The lowest BCUT2D eigenvalue weighted by Crippen LogP contribution is -2.52. The molecule has 2 saturated heterocycles. The highest BCUT2D eigenvalue weighted by Crippen LogP contribution is 2.55. The smallest absolute Gasteiger partial charge is 0.272 e. The van der Waals surface area contributed by atoms with Crippen LogP contribution in [0.4, 0.5) is 10.1 Å². The molecule has 7 rings (SSSR count). The highest BCUT2D eigenvalue weighted by Gasteiger charge is 2.50. The number of rotatable bonds is 13. The number of hydrogen-bond acceptors (Lipinski definition) is 10. The summed E-state index contributed by atoms with van der Waals surface area (Å²) in [6, 6.07) is 13.4. The molecule has 2 aromatic heterocycles. The first-order valence-corrected chi connectivity index (χ1v) is 17.9. The number of piperazine rings is 1. The number of halogens is 1. The van der Waals surface area contributed by atoms with E-state index in [9.17, 15) is 23.6 Å². The molecule has 0 unspecified atom stereocenters. The molecule has 53 heavy (non-hydrogen) atoms. The molecule has 5 N–H and O–H groups in total. The van der Waals surface area contributed by atoms with E-state index in [0.29, 0.717) is 71.7 Å². The standard InChI is InChI=1S/C38H43FN8O6/c39-30-6-5-24(16-32-27-3-1-2-4-28(27)35(49)45-44-32)15-29(30)37(51)47-11-9-46(10-12-47)33(48)21-41-7-13-52-14-8-42-36(50)34-31(40)17-25(20-43-34)26-18-38(19-26)22-53-23-38/h1-6,15,17,20,26,41H,7-14,16,18-19,21-23,40H2,(H,42,50)(H,45,49). The van der Waals surface area contributed by atoms with E-state index in [2.05, 4.69) is 25.8 Å². The minimum absolute atomic E-state index is 0.0473. The Labute approximate surface area is 305 Å². The second-order valence-corrected chi connectivity index (χ2v) is 14.1. The van der Waals surface area contributed by atoms with Gasteiger partial charge in [0.05, 0.1) is 55.3 Å². The van der Waals surface area contributed by atoms with E-state index in [-0.39, 0.29) is 61.4 Å². The van der Waals surface area contributed by atoms with Crippen LogP contribution < -0.4 is 21.9 Å². The van der Waals surface area contributed by atoms with Crippen molar-refractivity contribution in [3.8, 4) is 0 Å². The summed E-state index contributed by atoms with van der Waals surface area (Å²) in [6.45, 7) is 4.31. The predicted octanol–water partition coefficient (Wildman–Crippen LogP) is 1.84. The van der Waals surface area contributed by atoms with Crippen molar-refractivity contribution in [2.24, 2.45) is 5.41 Å². The zero-order valence-corrected chi connectivity index (χ0v) is 29.4. The quantitative estimate of drug-likeness (QED) is 0.148. The second-order valence-electron chi connectivity index (χ2n) is 14.1. The van der Waals surface area contributed by atoms with E-state index in [0.717, 1.165) is 31.6 Å². The van der Waals surface area contributed by atoms with Crippen LogP contribution in [0.2, 0.25) is 0 Å². The van der Waals surface area contributed by atoms with Crippen molar-refractivity contribution in [2.45, 2.75) is 25.2 Å². The Morgan fingerprint density at radius 3 is 2.47 bits per heavy atom. The van der Waals surface area contributed by atoms with Gasteiger partial charge in [0.2, 0.25) is 5.91 Å². The third-order valence-electron chi connectivity index (χ3n) is 10.4. The van der Waals surface area contributed by atoms with Gasteiger partial charge in [-0.2, -0.15) is 5.10 Å². The zero-order chi connectivity index (χ0) is 37.0. The fraction of sp³-hybridized carbons (Fsp3) is 0.421. The third kappa shape index (κ3) is 8.06. The van der Waals surface area contributed by atoms with E-state index in [1.165, 1.54) is 12.1 Å². The van der Waals surface area contributed by atoms with Gasteiger partial charge in [-0.05, 0) is 54.2 Å². The predicted molar refractivity (Wildman–Crippen MR) is 194 cm³/mol. The molecule has 2 aliphatic heterocycles. The number of carbonyl (C=O) groups is 3. The van der Waals surface area contributed by atoms with Crippen LogP contribution >= 0.6 is 0 Å². The molecule has 14 nitrogen and oxygen atoms in total. The normalized spacial score (nSPS) is 16.7. The summed E-state index contributed by atoms with van der Waals surface area (Å²) in [5.74, 6) is -1.12. The first-order valence-electron chi connectivity index (χ1n) is 17.9. The Kier molecular flexibility index (Phi) is 10.8. The minimum atomic E-state index is -0.626. The third-order valence-corrected chi connectivity index (χ3v) is 10.4. The number of nitrogens with one attached hydrogen (secondary N) is 3. The van der Waals surface area contributed by atoms with Crippen LogP contribution in [0.1, 0.15) is 56.4 Å². The summed E-state index contributed by atoms with van der Waals surface area (Å²) in [4.78, 5) is 58.4. The van der Waals surface area contributed by atoms with Crippen LogP contribution in [-0.4, -0.2) is 115 Å². The van der Waals surface area contributed by atoms with Crippen molar-refractivity contribution in [1.29, 1.82) is 0 Å².